The lowest BCUT2D eigenvalue weighted by Gasteiger charge is -2.11. The van der Waals surface area contributed by atoms with E-state index in [1.807, 2.05) is 43.3 Å². The van der Waals surface area contributed by atoms with E-state index in [4.69, 9.17) is 14.2 Å². The van der Waals surface area contributed by atoms with Crippen LogP contribution < -0.4 is 25.0 Å². The number of hydrogen-bond donors (Lipinski definition) is 2. The largest absolute Gasteiger partial charge is 0.497 e. The molecule has 0 saturated carbocycles. The van der Waals surface area contributed by atoms with Gasteiger partial charge in [-0.15, -0.1) is 0 Å². The lowest BCUT2D eigenvalue weighted by atomic mass is 10.0. The van der Waals surface area contributed by atoms with E-state index in [0.717, 1.165) is 17.7 Å². The van der Waals surface area contributed by atoms with Gasteiger partial charge in [0.15, 0.2) is 18.1 Å². The van der Waals surface area contributed by atoms with Gasteiger partial charge in [-0.05, 0) is 78.9 Å². The van der Waals surface area contributed by atoms with E-state index in [1.165, 1.54) is 18.9 Å². The number of methoxy groups -OCH3 is 2. The number of hydrogen-bond acceptors (Lipinski definition) is 6. The van der Waals surface area contributed by atoms with Gasteiger partial charge in [-0.25, -0.2) is 5.43 Å². The van der Waals surface area contributed by atoms with Crippen LogP contribution in [0, 0.1) is 6.92 Å². The molecule has 0 heterocycles. The molecule has 0 aliphatic rings. The Morgan fingerprint density at radius 3 is 2.44 bits per heavy atom. The first kappa shape index (κ1) is 26.3. The normalized spacial score (nSPS) is 10.6. The van der Waals surface area contributed by atoms with Gasteiger partial charge in [-0.1, -0.05) is 24.3 Å². The SMILES string of the molecule is COc1ccc(CCCC(=O)N/N=C\c2ccc(OCC(=O)Nc3ccccc3)c(OC)c2)c(C)c1. The van der Waals surface area contributed by atoms with Crippen LogP contribution in [0.3, 0.4) is 0 Å². The number of rotatable bonds is 12. The number of carbonyl (C=O) groups is 2. The molecule has 8 nitrogen and oxygen atoms in total. The third kappa shape index (κ3) is 8.16. The molecule has 0 bridgehead atoms. The van der Waals surface area contributed by atoms with E-state index in [2.05, 4.69) is 15.8 Å². The summed E-state index contributed by atoms with van der Waals surface area (Å²) in [6.07, 6.45) is 3.41. The van der Waals surface area contributed by atoms with Gasteiger partial charge in [-0.2, -0.15) is 5.10 Å². The lowest BCUT2D eigenvalue weighted by molar-refractivity contribution is -0.121. The number of hydrazone groups is 1. The van der Waals surface area contributed by atoms with E-state index in [0.29, 0.717) is 35.6 Å². The molecule has 3 aromatic carbocycles. The van der Waals surface area contributed by atoms with Crippen LogP contribution in [0.25, 0.3) is 0 Å². The average Bonchev–Trinajstić information content (AvgIpc) is 2.89. The van der Waals surface area contributed by atoms with Crippen LogP contribution in [0.5, 0.6) is 17.2 Å². The highest BCUT2D eigenvalue weighted by molar-refractivity contribution is 5.91. The number of para-hydroxylation sites is 1. The summed E-state index contributed by atoms with van der Waals surface area (Å²) in [5.41, 5.74) is 6.30. The highest BCUT2D eigenvalue weighted by Gasteiger charge is 2.09. The van der Waals surface area contributed by atoms with Gasteiger partial charge < -0.3 is 19.5 Å². The summed E-state index contributed by atoms with van der Waals surface area (Å²) in [4.78, 5) is 24.3. The summed E-state index contributed by atoms with van der Waals surface area (Å²) in [5.74, 6) is 1.27. The first-order valence-corrected chi connectivity index (χ1v) is 11.6. The molecule has 0 radical (unpaired) electrons. The maximum Gasteiger partial charge on any atom is 0.262 e. The Bertz CT molecular complexity index is 1200. The number of nitrogens with zero attached hydrogens (tertiary/aromatic N) is 1. The molecule has 188 valence electrons. The quantitative estimate of drug-likeness (QED) is 0.288. The van der Waals surface area contributed by atoms with Crippen molar-refractivity contribution in [3.63, 3.8) is 0 Å². The van der Waals surface area contributed by atoms with Crippen molar-refractivity contribution in [3.8, 4) is 17.2 Å². The maximum atomic E-state index is 12.1. The Morgan fingerprint density at radius 2 is 1.72 bits per heavy atom. The van der Waals surface area contributed by atoms with Crippen molar-refractivity contribution in [2.45, 2.75) is 26.2 Å². The van der Waals surface area contributed by atoms with E-state index in [-0.39, 0.29) is 18.4 Å². The number of benzene rings is 3. The third-order valence-corrected chi connectivity index (χ3v) is 5.41. The van der Waals surface area contributed by atoms with E-state index < -0.39 is 0 Å². The minimum atomic E-state index is -0.279. The summed E-state index contributed by atoms with van der Waals surface area (Å²) < 4.78 is 16.2. The molecule has 8 heteroatoms. The van der Waals surface area contributed by atoms with Crippen molar-refractivity contribution in [3.05, 3.63) is 83.4 Å². The highest BCUT2D eigenvalue weighted by atomic mass is 16.5. The fourth-order valence-corrected chi connectivity index (χ4v) is 3.50. The van der Waals surface area contributed by atoms with Crippen molar-refractivity contribution < 1.29 is 23.8 Å². The van der Waals surface area contributed by atoms with Crippen molar-refractivity contribution in [2.24, 2.45) is 5.10 Å². The fraction of sp³-hybridized carbons (Fsp3) is 0.250. The van der Waals surface area contributed by atoms with Crippen molar-refractivity contribution in [1.29, 1.82) is 0 Å². The lowest BCUT2D eigenvalue weighted by Crippen LogP contribution is -2.20. The molecule has 0 fully saturated rings. The molecule has 0 spiro atoms. The molecule has 0 aliphatic carbocycles. The van der Waals surface area contributed by atoms with Gasteiger partial charge in [0.1, 0.15) is 5.75 Å². The fourth-order valence-electron chi connectivity index (χ4n) is 3.50. The van der Waals surface area contributed by atoms with Crippen LogP contribution in [-0.2, 0) is 16.0 Å². The van der Waals surface area contributed by atoms with Gasteiger partial charge >= 0.3 is 0 Å². The monoisotopic (exact) mass is 489 g/mol. The smallest absolute Gasteiger partial charge is 0.262 e. The summed E-state index contributed by atoms with van der Waals surface area (Å²) in [7, 11) is 3.16. The van der Waals surface area contributed by atoms with Gasteiger partial charge in [0, 0.05) is 12.1 Å². The van der Waals surface area contributed by atoms with Gasteiger partial charge in [0.05, 0.1) is 20.4 Å². The number of ether oxygens (including phenoxy) is 3. The number of amides is 2. The van der Waals surface area contributed by atoms with Crippen molar-refractivity contribution in [1.82, 2.24) is 5.43 Å². The maximum absolute atomic E-state index is 12.1. The molecular formula is C28H31N3O5. The van der Waals surface area contributed by atoms with Crippen LogP contribution in [0.1, 0.15) is 29.5 Å². The number of aryl methyl sites for hydroxylation is 2. The first-order chi connectivity index (χ1) is 17.5. The topological polar surface area (TPSA) is 98.3 Å². The standard InChI is InChI=1S/C28H31N3O5/c1-20-16-24(34-2)14-13-22(20)8-7-11-27(32)31-29-18-21-12-15-25(26(17-21)35-3)36-19-28(33)30-23-9-5-4-6-10-23/h4-6,9-10,12-18H,7-8,11,19H2,1-3H3,(H,30,33)(H,31,32)/b29-18-. The molecule has 2 amide bonds. The second kappa shape index (κ2) is 13.5. The highest BCUT2D eigenvalue weighted by Crippen LogP contribution is 2.27. The molecule has 2 N–H and O–H groups in total. The van der Waals surface area contributed by atoms with Gasteiger partial charge in [-0.3, -0.25) is 9.59 Å². The van der Waals surface area contributed by atoms with Crippen molar-refractivity contribution >= 4 is 23.7 Å². The van der Waals surface area contributed by atoms with Crippen LogP contribution in [0.2, 0.25) is 0 Å². The summed E-state index contributed by atoms with van der Waals surface area (Å²) in [6.45, 7) is 1.87. The summed E-state index contributed by atoms with van der Waals surface area (Å²) in [6, 6.07) is 20.3. The molecule has 36 heavy (non-hydrogen) atoms. The second-order valence-electron chi connectivity index (χ2n) is 8.05. The van der Waals surface area contributed by atoms with Gasteiger partial charge in [0.25, 0.3) is 5.91 Å². The zero-order chi connectivity index (χ0) is 25.8. The van der Waals surface area contributed by atoms with E-state index in [9.17, 15) is 9.59 Å². The predicted molar refractivity (Wildman–Crippen MR) is 140 cm³/mol. The molecule has 0 aromatic heterocycles. The molecule has 3 aromatic rings. The second-order valence-corrected chi connectivity index (χ2v) is 8.05. The zero-order valence-electron chi connectivity index (χ0n) is 20.7. The molecule has 0 unspecified atom stereocenters. The number of carbonyl (C=O) groups excluding carboxylic acids is 2. The van der Waals surface area contributed by atoms with E-state index in [1.54, 1.807) is 37.4 Å². The third-order valence-electron chi connectivity index (χ3n) is 5.41. The van der Waals surface area contributed by atoms with Gasteiger partial charge in [0.2, 0.25) is 5.91 Å². The van der Waals surface area contributed by atoms with Crippen LogP contribution in [0.15, 0.2) is 71.8 Å². The molecule has 0 saturated heterocycles. The predicted octanol–water partition coefficient (Wildman–Crippen LogP) is 4.50. The average molecular weight is 490 g/mol. The number of anilines is 1. The van der Waals surface area contributed by atoms with Crippen LogP contribution >= 0.6 is 0 Å². The molecule has 0 aliphatic heterocycles. The minimum absolute atomic E-state index is 0.159. The van der Waals surface area contributed by atoms with Crippen LogP contribution in [0.4, 0.5) is 5.69 Å². The Morgan fingerprint density at radius 1 is 0.917 bits per heavy atom. The first-order valence-electron chi connectivity index (χ1n) is 11.6. The summed E-state index contributed by atoms with van der Waals surface area (Å²) >= 11 is 0. The Hall–Kier alpha value is -4.33. The molecule has 3 rings (SSSR count). The Labute approximate surface area is 211 Å². The zero-order valence-corrected chi connectivity index (χ0v) is 20.7. The number of nitrogens with one attached hydrogen (secondary N) is 2. The molecule has 0 atom stereocenters. The van der Waals surface area contributed by atoms with Crippen LogP contribution in [-0.4, -0.2) is 38.9 Å². The minimum Gasteiger partial charge on any atom is -0.497 e. The Kier molecular flexibility index (Phi) is 9.88. The summed E-state index contributed by atoms with van der Waals surface area (Å²) in [5, 5.41) is 6.79. The van der Waals surface area contributed by atoms with E-state index >= 15 is 0 Å². The van der Waals surface area contributed by atoms with Crippen molar-refractivity contribution in [2.75, 3.05) is 26.1 Å². The Balaban J connectivity index is 1.44. The molecular weight excluding hydrogens is 458 g/mol.